The van der Waals surface area contributed by atoms with Crippen molar-refractivity contribution in [3.63, 3.8) is 0 Å². The maximum Gasteiger partial charge on any atom is 1.00 e. The van der Waals surface area contributed by atoms with Crippen molar-refractivity contribution in [1.82, 2.24) is 0 Å². The van der Waals surface area contributed by atoms with Gasteiger partial charge in [-0.25, -0.2) is 0 Å². The van der Waals surface area contributed by atoms with Crippen molar-refractivity contribution in [1.29, 1.82) is 0 Å². The minimum atomic E-state index is 0. The average Bonchev–Trinajstić information content (AvgIpc) is 2.45. The standard InChI is InChI=1S/C7H13N.ClH/c8-7-3-1-2-5-4-6(5)7;/h5-7H,1-4,8H2;1H. The van der Waals surface area contributed by atoms with Crippen molar-refractivity contribution in [2.45, 2.75) is 31.7 Å². The zero-order valence-corrected chi connectivity index (χ0v) is 6.27. The van der Waals surface area contributed by atoms with Gasteiger partial charge in [-0.3, -0.25) is 0 Å². The average molecular weight is 148 g/mol. The van der Waals surface area contributed by atoms with Gasteiger partial charge >= 0.3 is 1.43 Å². The van der Waals surface area contributed by atoms with E-state index >= 15 is 0 Å². The number of nitrogens with two attached hydrogens (primary N) is 1. The van der Waals surface area contributed by atoms with Crippen LogP contribution in [0.2, 0.25) is 0 Å². The lowest BCUT2D eigenvalue weighted by atomic mass is 9.96. The Morgan fingerprint density at radius 2 is 2.11 bits per heavy atom. The van der Waals surface area contributed by atoms with Gasteiger partial charge in [0.05, 0.1) is 0 Å². The van der Waals surface area contributed by atoms with Crippen molar-refractivity contribution in [3.05, 3.63) is 0 Å². The van der Waals surface area contributed by atoms with Crippen LogP contribution in [-0.2, 0) is 0 Å². The lowest BCUT2D eigenvalue weighted by Crippen LogP contribution is -3.00. The fraction of sp³-hybridized carbons (Fsp3) is 1.00. The Kier molecular flexibility index (Phi) is 2.02. The van der Waals surface area contributed by atoms with E-state index in [2.05, 4.69) is 0 Å². The molecule has 0 aliphatic heterocycles. The molecule has 2 saturated carbocycles. The van der Waals surface area contributed by atoms with Crippen LogP contribution in [0, 0.1) is 11.8 Å². The molecule has 54 valence electrons. The molecule has 0 spiro atoms. The molecule has 0 aromatic rings. The van der Waals surface area contributed by atoms with Crippen LogP contribution >= 0.6 is 0 Å². The molecule has 2 aliphatic carbocycles. The van der Waals surface area contributed by atoms with Crippen molar-refractivity contribution in [2.24, 2.45) is 17.6 Å². The second-order valence-corrected chi connectivity index (χ2v) is 3.25. The van der Waals surface area contributed by atoms with E-state index in [0.717, 1.165) is 11.8 Å². The molecule has 0 aromatic heterocycles. The summed E-state index contributed by atoms with van der Waals surface area (Å²) in [6.07, 6.45) is 5.60. The normalized spacial score (nSPS) is 47.0. The molecule has 2 fully saturated rings. The second-order valence-electron chi connectivity index (χ2n) is 3.25. The largest absolute Gasteiger partial charge is 1.00 e. The summed E-state index contributed by atoms with van der Waals surface area (Å²) < 4.78 is 0. The number of hydrogen-bond donors (Lipinski definition) is 1. The summed E-state index contributed by atoms with van der Waals surface area (Å²) in [7, 11) is 0. The molecule has 2 rings (SSSR count). The van der Waals surface area contributed by atoms with Crippen LogP contribution < -0.4 is 18.1 Å². The first-order valence-corrected chi connectivity index (χ1v) is 3.63. The van der Waals surface area contributed by atoms with Gasteiger partial charge in [0.1, 0.15) is 0 Å². The smallest absolute Gasteiger partial charge is 1.00 e. The van der Waals surface area contributed by atoms with E-state index in [-0.39, 0.29) is 13.8 Å². The fourth-order valence-electron chi connectivity index (χ4n) is 1.96. The Bertz CT molecular complexity index is 110. The van der Waals surface area contributed by atoms with Crippen LogP contribution in [0.15, 0.2) is 0 Å². The van der Waals surface area contributed by atoms with Crippen LogP contribution in [-0.4, -0.2) is 6.04 Å². The molecule has 0 aromatic carbocycles. The summed E-state index contributed by atoms with van der Waals surface area (Å²) in [5.74, 6) is 2.00. The van der Waals surface area contributed by atoms with Gasteiger partial charge in [-0.1, -0.05) is 12.8 Å². The first-order valence-electron chi connectivity index (χ1n) is 3.63. The molecule has 0 radical (unpaired) electrons. The van der Waals surface area contributed by atoms with E-state index in [9.17, 15) is 0 Å². The molecule has 0 saturated heterocycles. The fourth-order valence-corrected chi connectivity index (χ4v) is 1.96. The number of rotatable bonds is 0. The van der Waals surface area contributed by atoms with E-state index in [1.807, 2.05) is 0 Å². The molecule has 2 N–H and O–H groups in total. The maximum atomic E-state index is 5.82. The van der Waals surface area contributed by atoms with Crippen molar-refractivity contribution in [2.75, 3.05) is 0 Å². The van der Waals surface area contributed by atoms with E-state index in [1.165, 1.54) is 25.7 Å². The zero-order chi connectivity index (χ0) is 5.56. The summed E-state index contributed by atoms with van der Waals surface area (Å²) >= 11 is 0. The third kappa shape index (κ3) is 1.22. The molecule has 3 atom stereocenters. The molecule has 9 heavy (non-hydrogen) atoms. The summed E-state index contributed by atoms with van der Waals surface area (Å²) in [6, 6.07) is 0.578. The van der Waals surface area contributed by atoms with Gasteiger partial charge in [-0.15, -0.1) is 0 Å². The topological polar surface area (TPSA) is 26.0 Å². The van der Waals surface area contributed by atoms with Gasteiger partial charge in [0.15, 0.2) is 0 Å². The third-order valence-corrected chi connectivity index (χ3v) is 2.64. The van der Waals surface area contributed by atoms with E-state index in [0.29, 0.717) is 6.04 Å². The van der Waals surface area contributed by atoms with E-state index < -0.39 is 0 Å². The Morgan fingerprint density at radius 3 is 2.67 bits per heavy atom. The molecule has 3 unspecified atom stereocenters. The van der Waals surface area contributed by atoms with Crippen LogP contribution in [0.4, 0.5) is 0 Å². The first kappa shape index (κ1) is 7.36. The molecule has 2 aliphatic rings. The van der Waals surface area contributed by atoms with Gasteiger partial charge in [-0.05, 0) is 24.7 Å². The minimum absolute atomic E-state index is 0. The van der Waals surface area contributed by atoms with Crippen LogP contribution in [0.1, 0.15) is 27.1 Å². The molecular formula is C7H14ClN. The molecule has 0 heterocycles. The Hall–Kier alpha value is 0.250. The predicted molar refractivity (Wildman–Crippen MR) is 34.5 cm³/mol. The molecule has 0 amide bonds. The highest BCUT2D eigenvalue weighted by Crippen LogP contribution is 2.48. The number of fused-ring (bicyclic) bond motifs is 1. The lowest BCUT2D eigenvalue weighted by Gasteiger charge is -2.15. The van der Waals surface area contributed by atoms with Crippen LogP contribution in [0.25, 0.3) is 0 Å². The minimum Gasteiger partial charge on any atom is -1.00 e. The number of hydrogen-bond acceptors (Lipinski definition) is 1. The summed E-state index contributed by atoms with van der Waals surface area (Å²) in [6.45, 7) is 0. The monoisotopic (exact) mass is 147 g/mol. The zero-order valence-electron chi connectivity index (χ0n) is 6.52. The van der Waals surface area contributed by atoms with Gasteiger partial charge in [-0.2, -0.15) is 0 Å². The Balaban J connectivity index is 0.000000405. The SMILES string of the molecule is NC1CCCC2CC12.[Cl-].[H+]. The van der Waals surface area contributed by atoms with Gasteiger partial charge in [0.25, 0.3) is 0 Å². The van der Waals surface area contributed by atoms with Gasteiger partial charge in [0.2, 0.25) is 0 Å². The lowest BCUT2D eigenvalue weighted by molar-refractivity contribution is -0.00000185. The van der Waals surface area contributed by atoms with Crippen LogP contribution in [0.5, 0.6) is 0 Å². The summed E-state index contributed by atoms with van der Waals surface area (Å²) in [5, 5.41) is 0. The predicted octanol–water partition coefficient (Wildman–Crippen LogP) is -1.75. The number of halogens is 1. The molecule has 2 heteroatoms. The van der Waals surface area contributed by atoms with Crippen molar-refractivity contribution >= 4 is 0 Å². The Morgan fingerprint density at radius 1 is 1.33 bits per heavy atom. The highest BCUT2D eigenvalue weighted by atomic mass is 35.5. The maximum absolute atomic E-state index is 5.82. The first-order chi connectivity index (χ1) is 3.88. The van der Waals surface area contributed by atoms with Gasteiger partial charge in [0, 0.05) is 6.04 Å². The van der Waals surface area contributed by atoms with E-state index in [4.69, 9.17) is 5.73 Å². The second kappa shape index (κ2) is 2.47. The van der Waals surface area contributed by atoms with Gasteiger partial charge < -0.3 is 18.1 Å². The highest BCUT2D eigenvalue weighted by molar-refractivity contribution is 4.96. The van der Waals surface area contributed by atoms with Crippen LogP contribution in [0.3, 0.4) is 0 Å². The van der Waals surface area contributed by atoms with E-state index in [1.54, 1.807) is 0 Å². The van der Waals surface area contributed by atoms with Crippen molar-refractivity contribution < 1.29 is 13.8 Å². The molecule has 1 nitrogen and oxygen atoms in total. The Labute approximate surface area is 63.9 Å². The highest BCUT2D eigenvalue weighted by Gasteiger charge is 2.43. The quantitative estimate of drug-likeness (QED) is 0.432. The summed E-state index contributed by atoms with van der Waals surface area (Å²) in [4.78, 5) is 0. The van der Waals surface area contributed by atoms with Crippen molar-refractivity contribution in [3.8, 4) is 0 Å². The molecule has 0 bridgehead atoms. The summed E-state index contributed by atoms with van der Waals surface area (Å²) in [5.41, 5.74) is 5.82. The third-order valence-electron chi connectivity index (χ3n) is 2.64. The molecular weight excluding hydrogens is 134 g/mol.